The first-order chi connectivity index (χ1) is 9.72. The van der Waals surface area contributed by atoms with Gasteiger partial charge in [-0.2, -0.15) is 0 Å². The number of ether oxygens (including phenoxy) is 1. The van der Waals surface area contributed by atoms with Gasteiger partial charge in [-0.05, 0) is 32.0 Å². The fourth-order valence-corrected chi connectivity index (χ4v) is 2.64. The molecule has 1 atom stereocenters. The van der Waals surface area contributed by atoms with E-state index in [-0.39, 0.29) is 12.5 Å². The Morgan fingerprint density at radius 1 is 1.55 bits per heavy atom. The molecule has 0 aromatic carbocycles. The topological polar surface area (TPSA) is 75.3 Å². The Labute approximate surface area is 122 Å². The van der Waals surface area contributed by atoms with E-state index in [1.165, 1.54) is 6.42 Å². The molecule has 20 heavy (non-hydrogen) atoms. The van der Waals surface area contributed by atoms with Crippen molar-refractivity contribution in [3.63, 3.8) is 0 Å². The zero-order chi connectivity index (χ0) is 13.9. The molecule has 1 saturated heterocycles. The van der Waals surface area contributed by atoms with Crippen molar-refractivity contribution < 1.29 is 9.53 Å². The molecule has 2 aliphatic rings. The number of hydrogen-bond acceptors (Lipinski definition) is 5. The number of halogens is 1. The van der Waals surface area contributed by atoms with Crippen LogP contribution in [0.1, 0.15) is 12.1 Å². The minimum atomic E-state index is -0.191. The molecule has 7 heteroatoms. The summed E-state index contributed by atoms with van der Waals surface area (Å²) in [6.07, 6.45) is 1.20. The quantitative estimate of drug-likeness (QED) is 0.765. The molecule has 3 N–H and O–H groups in total. The second-order valence-electron chi connectivity index (χ2n) is 5.09. The number of carbonyl (C=O) groups is 1. The van der Waals surface area contributed by atoms with Gasteiger partial charge >= 0.3 is 0 Å². The molecule has 0 saturated carbocycles. The van der Waals surface area contributed by atoms with Crippen molar-refractivity contribution in [2.24, 2.45) is 5.92 Å². The van der Waals surface area contributed by atoms with E-state index >= 15 is 0 Å². The lowest BCUT2D eigenvalue weighted by atomic mass is 10.1. The molecular formula is C13H17ClN4O2. The molecule has 108 valence electrons. The normalized spacial score (nSPS) is 21.2. The van der Waals surface area contributed by atoms with Gasteiger partial charge in [0, 0.05) is 12.6 Å². The van der Waals surface area contributed by atoms with Gasteiger partial charge in [-0.25, -0.2) is 4.98 Å². The van der Waals surface area contributed by atoms with E-state index in [1.54, 1.807) is 6.07 Å². The average molecular weight is 297 g/mol. The maximum absolute atomic E-state index is 11.3. The number of nitrogens with zero attached hydrogens (tertiary/aromatic N) is 1. The van der Waals surface area contributed by atoms with Crippen LogP contribution in [-0.4, -0.2) is 37.1 Å². The Morgan fingerprint density at radius 2 is 2.45 bits per heavy atom. The zero-order valence-electron chi connectivity index (χ0n) is 11.0. The number of hydrogen-bond donors (Lipinski definition) is 3. The van der Waals surface area contributed by atoms with Crippen LogP contribution in [0.4, 0.5) is 5.82 Å². The molecule has 2 aliphatic heterocycles. The van der Waals surface area contributed by atoms with Crippen molar-refractivity contribution in [2.45, 2.75) is 13.0 Å². The number of aromatic nitrogens is 1. The van der Waals surface area contributed by atoms with Gasteiger partial charge in [0.05, 0.1) is 10.7 Å². The van der Waals surface area contributed by atoms with Crippen LogP contribution >= 0.6 is 11.6 Å². The molecule has 0 bridgehead atoms. The fraction of sp³-hybridized carbons (Fsp3) is 0.538. The fourth-order valence-electron chi connectivity index (χ4n) is 2.43. The molecule has 6 nitrogen and oxygen atoms in total. The van der Waals surface area contributed by atoms with Crippen molar-refractivity contribution in [3.8, 4) is 5.75 Å². The molecule has 0 unspecified atom stereocenters. The standard InChI is InChI=1S/C13H17ClN4O2/c14-9-3-11-13(18-12(19)7-20-11)17-10(9)6-16-5-8-1-2-15-4-8/h3,8,15-16H,1-2,4-7H2,(H,17,18,19)/t8-/m0/s1. The zero-order valence-corrected chi connectivity index (χ0v) is 11.8. The number of anilines is 1. The van der Waals surface area contributed by atoms with Crippen LogP contribution in [0.2, 0.25) is 5.02 Å². The summed E-state index contributed by atoms with van der Waals surface area (Å²) in [7, 11) is 0. The molecule has 3 heterocycles. The van der Waals surface area contributed by atoms with E-state index in [0.29, 0.717) is 29.1 Å². The van der Waals surface area contributed by atoms with Crippen LogP contribution in [0, 0.1) is 5.92 Å². The number of rotatable bonds is 4. The lowest BCUT2D eigenvalue weighted by Gasteiger charge is -2.18. The van der Waals surface area contributed by atoms with Gasteiger partial charge in [-0.1, -0.05) is 11.6 Å². The van der Waals surface area contributed by atoms with E-state index in [1.807, 2.05) is 0 Å². The molecule has 1 aromatic rings. The van der Waals surface area contributed by atoms with E-state index in [4.69, 9.17) is 16.3 Å². The Hall–Kier alpha value is -1.37. The third-order valence-electron chi connectivity index (χ3n) is 3.52. The summed E-state index contributed by atoms with van der Waals surface area (Å²) in [5.74, 6) is 1.45. The smallest absolute Gasteiger partial charge is 0.263 e. The summed E-state index contributed by atoms with van der Waals surface area (Å²) >= 11 is 6.19. The van der Waals surface area contributed by atoms with Crippen LogP contribution in [0.15, 0.2) is 6.07 Å². The number of nitrogens with one attached hydrogen (secondary N) is 3. The molecule has 1 aromatic heterocycles. The molecule has 0 aliphatic carbocycles. The van der Waals surface area contributed by atoms with Gasteiger partial charge in [0.2, 0.25) is 0 Å². The van der Waals surface area contributed by atoms with Crippen molar-refractivity contribution in [1.82, 2.24) is 15.6 Å². The van der Waals surface area contributed by atoms with Crippen LogP contribution in [0.3, 0.4) is 0 Å². The monoisotopic (exact) mass is 296 g/mol. The molecule has 0 radical (unpaired) electrons. The van der Waals surface area contributed by atoms with Gasteiger partial charge < -0.3 is 20.7 Å². The van der Waals surface area contributed by atoms with Gasteiger partial charge in [-0.15, -0.1) is 0 Å². The van der Waals surface area contributed by atoms with Crippen molar-refractivity contribution >= 4 is 23.3 Å². The summed E-state index contributed by atoms with van der Waals surface area (Å²) in [5, 5.41) is 9.93. The second kappa shape index (κ2) is 5.95. The van der Waals surface area contributed by atoms with E-state index in [0.717, 1.165) is 25.3 Å². The van der Waals surface area contributed by atoms with Crippen LogP contribution < -0.4 is 20.7 Å². The highest BCUT2D eigenvalue weighted by molar-refractivity contribution is 6.31. The second-order valence-corrected chi connectivity index (χ2v) is 5.50. The lowest BCUT2D eigenvalue weighted by molar-refractivity contribution is -0.118. The Balaban J connectivity index is 1.63. The first-order valence-electron chi connectivity index (χ1n) is 6.76. The molecule has 3 rings (SSSR count). The first-order valence-corrected chi connectivity index (χ1v) is 7.13. The number of amides is 1. The maximum Gasteiger partial charge on any atom is 0.263 e. The van der Waals surface area contributed by atoms with Crippen molar-refractivity contribution in [1.29, 1.82) is 0 Å². The third-order valence-corrected chi connectivity index (χ3v) is 3.85. The maximum atomic E-state index is 11.3. The van der Waals surface area contributed by atoms with Crippen LogP contribution in [-0.2, 0) is 11.3 Å². The van der Waals surface area contributed by atoms with Gasteiger partial charge in [0.1, 0.15) is 0 Å². The van der Waals surface area contributed by atoms with Gasteiger partial charge in [-0.3, -0.25) is 4.79 Å². The molecular weight excluding hydrogens is 280 g/mol. The lowest BCUT2D eigenvalue weighted by Crippen LogP contribution is -2.27. The number of fused-ring (bicyclic) bond motifs is 1. The SMILES string of the molecule is O=C1COc2cc(Cl)c(CNC[C@H]3CCNC3)nc2N1. The van der Waals surface area contributed by atoms with E-state index in [9.17, 15) is 4.79 Å². The Kier molecular flexibility index (Phi) is 4.05. The Bertz CT molecular complexity index is 517. The predicted octanol–water partition coefficient (Wildman–Crippen LogP) is 0.765. The number of carbonyl (C=O) groups excluding carboxylic acids is 1. The minimum Gasteiger partial charge on any atom is -0.480 e. The average Bonchev–Trinajstić information content (AvgIpc) is 2.93. The minimum absolute atomic E-state index is 0.0112. The van der Waals surface area contributed by atoms with Gasteiger partial charge in [0.25, 0.3) is 5.91 Å². The highest BCUT2D eigenvalue weighted by Crippen LogP contribution is 2.30. The summed E-state index contributed by atoms with van der Waals surface area (Å²) in [6.45, 7) is 3.68. The summed E-state index contributed by atoms with van der Waals surface area (Å²) in [6, 6.07) is 1.71. The summed E-state index contributed by atoms with van der Waals surface area (Å²) in [4.78, 5) is 15.6. The summed E-state index contributed by atoms with van der Waals surface area (Å²) in [5.41, 5.74) is 0.724. The molecule has 0 spiro atoms. The Morgan fingerprint density at radius 3 is 3.25 bits per heavy atom. The highest BCUT2D eigenvalue weighted by Gasteiger charge is 2.20. The van der Waals surface area contributed by atoms with Crippen molar-refractivity contribution in [2.75, 3.05) is 31.6 Å². The first kappa shape index (κ1) is 13.6. The number of pyridine rings is 1. The predicted molar refractivity (Wildman–Crippen MR) is 76.1 cm³/mol. The third kappa shape index (κ3) is 3.03. The van der Waals surface area contributed by atoms with Crippen LogP contribution in [0.5, 0.6) is 5.75 Å². The van der Waals surface area contributed by atoms with Gasteiger partial charge in [0.15, 0.2) is 18.2 Å². The van der Waals surface area contributed by atoms with E-state index in [2.05, 4.69) is 20.9 Å². The largest absolute Gasteiger partial charge is 0.480 e. The summed E-state index contributed by atoms with van der Waals surface area (Å²) < 4.78 is 5.27. The van der Waals surface area contributed by atoms with E-state index < -0.39 is 0 Å². The van der Waals surface area contributed by atoms with Crippen LogP contribution in [0.25, 0.3) is 0 Å². The van der Waals surface area contributed by atoms with Crippen molar-refractivity contribution in [3.05, 3.63) is 16.8 Å². The molecule has 1 fully saturated rings. The highest BCUT2D eigenvalue weighted by atomic mass is 35.5. The molecule has 1 amide bonds.